The fourth-order valence-corrected chi connectivity index (χ4v) is 2.35. The average molecular weight is 199 g/mol. The number of aliphatic carboxylic acids is 1. The van der Waals surface area contributed by atoms with Crippen LogP contribution in [0.15, 0.2) is 0 Å². The summed E-state index contributed by atoms with van der Waals surface area (Å²) in [5, 5.41) is 8.63. The van der Waals surface area contributed by atoms with Crippen LogP contribution >= 0.6 is 0 Å². The lowest BCUT2D eigenvalue weighted by atomic mass is 10.1. The van der Waals surface area contributed by atoms with Gasteiger partial charge in [0, 0.05) is 12.5 Å². The summed E-state index contributed by atoms with van der Waals surface area (Å²) in [7, 11) is 0. The molecule has 0 aliphatic carbocycles. The van der Waals surface area contributed by atoms with E-state index >= 15 is 0 Å². The van der Waals surface area contributed by atoms with Gasteiger partial charge in [-0.15, -0.1) is 0 Å². The monoisotopic (exact) mass is 199 g/mol. The third-order valence-corrected chi connectivity index (χ3v) is 3.20. The summed E-state index contributed by atoms with van der Waals surface area (Å²) in [6, 6.07) is 1.05. The SMILES string of the molecule is O=C(O)CCC1CCCN1C1COC1. The number of rotatable bonds is 4. The molecule has 4 nitrogen and oxygen atoms in total. The third kappa shape index (κ3) is 2.07. The van der Waals surface area contributed by atoms with Gasteiger partial charge in [0.05, 0.1) is 19.3 Å². The zero-order valence-corrected chi connectivity index (χ0v) is 8.32. The van der Waals surface area contributed by atoms with Gasteiger partial charge < -0.3 is 9.84 Å². The molecule has 0 aromatic heterocycles. The molecule has 4 heteroatoms. The second-order valence-corrected chi connectivity index (χ2v) is 4.16. The van der Waals surface area contributed by atoms with Crippen molar-refractivity contribution in [1.82, 2.24) is 4.90 Å². The quantitative estimate of drug-likeness (QED) is 0.724. The predicted molar refractivity (Wildman–Crippen MR) is 51.2 cm³/mol. The summed E-state index contributed by atoms with van der Waals surface area (Å²) in [6.45, 7) is 2.80. The molecular formula is C10H17NO3. The number of ether oxygens (including phenoxy) is 1. The van der Waals surface area contributed by atoms with Crippen molar-refractivity contribution in [2.24, 2.45) is 0 Å². The first-order chi connectivity index (χ1) is 6.77. The minimum Gasteiger partial charge on any atom is -0.481 e. The van der Waals surface area contributed by atoms with E-state index in [0.717, 1.165) is 32.6 Å². The number of carboxylic acid groups (broad SMARTS) is 1. The van der Waals surface area contributed by atoms with Crippen molar-refractivity contribution in [3.05, 3.63) is 0 Å². The summed E-state index contributed by atoms with van der Waals surface area (Å²) in [4.78, 5) is 12.9. The van der Waals surface area contributed by atoms with E-state index in [1.165, 1.54) is 6.42 Å². The van der Waals surface area contributed by atoms with Crippen LogP contribution in [0.1, 0.15) is 25.7 Å². The zero-order chi connectivity index (χ0) is 9.97. The molecular weight excluding hydrogens is 182 g/mol. The summed E-state index contributed by atoms with van der Waals surface area (Å²) in [6.07, 6.45) is 3.46. The van der Waals surface area contributed by atoms with Gasteiger partial charge in [-0.05, 0) is 25.8 Å². The van der Waals surface area contributed by atoms with Crippen LogP contribution in [0.4, 0.5) is 0 Å². The van der Waals surface area contributed by atoms with Crippen molar-refractivity contribution < 1.29 is 14.6 Å². The van der Waals surface area contributed by atoms with Crippen molar-refractivity contribution in [3.63, 3.8) is 0 Å². The van der Waals surface area contributed by atoms with Crippen molar-refractivity contribution in [1.29, 1.82) is 0 Å². The largest absolute Gasteiger partial charge is 0.481 e. The molecule has 14 heavy (non-hydrogen) atoms. The molecule has 0 aromatic rings. The van der Waals surface area contributed by atoms with Crippen LogP contribution in [0.5, 0.6) is 0 Å². The lowest BCUT2D eigenvalue weighted by Crippen LogP contribution is -2.50. The summed E-state index contributed by atoms with van der Waals surface area (Å²) in [5.74, 6) is -0.679. The summed E-state index contributed by atoms with van der Waals surface area (Å²) >= 11 is 0. The number of carboxylic acids is 1. The second kappa shape index (κ2) is 4.28. The molecule has 2 heterocycles. The molecule has 1 N–H and O–H groups in total. The van der Waals surface area contributed by atoms with Gasteiger partial charge in [-0.1, -0.05) is 0 Å². The van der Waals surface area contributed by atoms with E-state index in [2.05, 4.69) is 4.90 Å². The molecule has 2 aliphatic rings. The van der Waals surface area contributed by atoms with Gasteiger partial charge >= 0.3 is 5.97 Å². The van der Waals surface area contributed by atoms with Gasteiger partial charge in [-0.25, -0.2) is 0 Å². The second-order valence-electron chi connectivity index (χ2n) is 4.16. The molecule has 0 bridgehead atoms. The minimum absolute atomic E-state index is 0.300. The predicted octanol–water partition coefficient (Wildman–Crippen LogP) is 0.714. The van der Waals surface area contributed by atoms with Gasteiger partial charge in [0.15, 0.2) is 0 Å². The van der Waals surface area contributed by atoms with Gasteiger partial charge in [0.2, 0.25) is 0 Å². The molecule has 2 rings (SSSR count). The maximum absolute atomic E-state index is 10.5. The molecule has 0 radical (unpaired) electrons. The van der Waals surface area contributed by atoms with E-state index in [1.54, 1.807) is 0 Å². The van der Waals surface area contributed by atoms with Crippen LogP contribution < -0.4 is 0 Å². The fraction of sp³-hybridized carbons (Fsp3) is 0.900. The number of hydrogen-bond donors (Lipinski definition) is 1. The smallest absolute Gasteiger partial charge is 0.303 e. The van der Waals surface area contributed by atoms with Gasteiger partial charge in [-0.2, -0.15) is 0 Å². The first-order valence-electron chi connectivity index (χ1n) is 5.32. The molecule has 0 aromatic carbocycles. The molecule has 0 spiro atoms. The first-order valence-corrected chi connectivity index (χ1v) is 5.32. The average Bonchev–Trinajstić information content (AvgIpc) is 2.46. The lowest BCUT2D eigenvalue weighted by Gasteiger charge is -2.38. The van der Waals surface area contributed by atoms with Gasteiger partial charge in [0.1, 0.15) is 0 Å². The molecule has 0 amide bonds. The molecule has 80 valence electrons. The Balaban J connectivity index is 1.80. The Morgan fingerprint density at radius 2 is 2.29 bits per heavy atom. The third-order valence-electron chi connectivity index (χ3n) is 3.20. The molecule has 0 saturated carbocycles. The molecule has 1 atom stereocenters. The van der Waals surface area contributed by atoms with E-state index in [4.69, 9.17) is 9.84 Å². The highest BCUT2D eigenvalue weighted by molar-refractivity contribution is 5.66. The van der Waals surface area contributed by atoms with E-state index in [-0.39, 0.29) is 0 Å². The fourth-order valence-electron chi connectivity index (χ4n) is 2.35. The van der Waals surface area contributed by atoms with E-state index in [1.807, 2.05) is 0 Å². The lowest BCUT2D eigenvalue weighted by molar-refractivity contribution is -0.137. The highest BCUT2D eigenvalue weighted by atomic mass is 16.5. The highest BCUT2D eigenvalue weighted by Crippen LogP contribution is 2.26. The summed E-state index contributed by atoms with van der Waals surface area (Å²) < 4.78 is 5.16. The maximum Gasteiger partial charge on any atom is 0.303 e. The standard InChI is InChI=1S/C10H17NO3/c12-10(13)4-3-8-2-1-5-11(8)9-6-14-7-9/h8-9H,1-7H2,(H,12,13). The van der Waals surface area contributed by atoms with Gasteiger partial charge in [-0.3, -0.25) is 9.69 Å². The normalized spacial score (nSPS) is 29.0. The van der Waals surface area contributed by atoms with E-state index < -0.39 is 5.97 Å². The Bertz CT molecular complexity index is 215. The van der Waals surface area contributed by atoms with Crippen LogP contribution in [0.3, 0.4) is 0 Å². The first kappa shape index (κ1) is 9.93. The zero-order valence-electron chi connectivity index (χ0n) is 8.32. The number of hydrogen-bond acceptors (Lipinski definition) is 3. The Kier molecular flexibility index (Phi) is 3.03. The molecule has 1 unspecified atom stereocenters. The number of nitrogens with zero attached hydrogens (tertiary/aromatic N) is 1. The summed E-state index contributed by atoms with van der Waals surface area (Å²) in [5.41, 5.74) is 0. The Morgan fingerprint density at radius 3 is 2.86 bits per heavy atom. The Labute approximate surface area is 83.8 Å². The van der Waals surface area contributed by atoms with Crippen LogP contribution in [0, 0.1) is 0 Å². The number of carbonyl (C=O) groups is 1. The van der Waals surface area contributed by atoms with Crippen molar-refractivity contribution in [3.8, 4) is 0 Å². The van der Waals surface area contributed by atoms with Crippen molar-refractivity contribution >= 4 is 5.97 Å². The van der Waals surface area contributed by atoms with E-state index in [9.17, 15) is 4.79 Å². The highest BCUT2D eigenvalue weighted by Gasteiger charge is 2.34. The van der Waals surface area contributed by atoms with Crippen molar-refractivity contribution in [2.75, 3.05) is 19.8 Å². The topological polar surface area (TPSA) is 49.8 Å². The molecule has 2 aliphatic heterocycles. The molecule has 2 saturated heterocycles. The number of likely N-dealkylation sites (tertiary alicyclic amines) is 1. The Hall–Kier alpha value is -0.610. The minimum atomic E-state index is -0.679. The van der Waals surface area contributed by atoms with E-state index in [0.29, 0.717) is 18.5 Å². The maximum atomic E-state index is 10.5. The van der Waals surface area contributed by atoms with Crippen LogP contribution in [0.2, 0.25) is 0 Å². The van der Waals surface area contributed by atoms with Gasteiger partial charge in [0.25, 0.3) is 0 Å². The van der Waals surface area contributed by atoms with Crippen LogP contribution in [-0.4, -0.2) is 47.8 Å². The Morgan fingerprint density at radius 1 is 1.50 bits per heavy atom. The van der Waals surface area contributed by atoms with Crippen LogP contribution in [0.25, 0.3) is 0 Å². The van der Waals surface area contributed by atoms with Crippen LogP contribution in [-0.2, 0) is 9.53 Å². The molecule has 2 fully saturated rings. The van der Waals surface area contributed by atoms with Crippen molar-refractivity contribution in [2.45, 2.75) is 37.8 Å².